The van der Waals surface area contributed by atoms with Crippen LogP contribution < -0.4 is 20.3 Å². The zero-order chi connectivity index (χ0) is 20.0. The van der Waals surface area contributed by atoms with Crippen molar-refractivity contribution in [2.24, 2.45) is 5.92 Å². The number of hydrogen-bond acceptors (Lipinski definition) is 4. The molecule has 29 heavy (non-hydrogen) atoms. The van der Waals surface area contributed by atoms with E-state index in [0.29, 0.717) is 23.7 Å². The standard InChI is InChI=1S/C22H21N3O4/c26-20-12-29-19-7-5-16(10-18(19)24-20)23-22(28)15-9-21(27)25(11-15)17-6-4-13-2-1-3-14(13)8-17/h4-8,10,15H,1-3,9,11-12H2,(H,23,28)(H,24,26)/t15-/m0/s1. The van der Waals surface area contributed by atoms with Gasteiger partial charge in [0, 0.05) is 24.3 Å². The zero-order valence-corrected chi connectivity index (χ0v) is 15.9. The molecule has 1 saturated heterocycles. The Balaban J connectivity index is 1.28. The minimum absolute atomic E-state index is 0.0125. The van der Waals surface area contributed by atoms with Gasteiger partial charge in [0.25, 0.3) is 5.91 Å². The Morgan fingerprint density at radius 2 is 1.97 bits per heavy atom. The fourth-order valence-corrected chi connectivity index (χ4v) is 4.26. The van der Waals surface area contributed by atoms with Gasteiger partial charge in [0.15, 0.2) is 6.61 Å². The van der Waals surface area contributed by atoms with Crippen molar-refractivity contribution in [3.05, 3.63) is 47.5 Å². The average molecular weight is 391 g/mol. The summed E-state index contributed by atoms with van der Waals surface area (Å²) in [5, 5.41) is 5.58. The highest BCUT2D eigenvalue weighted by molar-refractivity contribution is 6.04. The van der Waals surface area contributed by atoms with Crippen LogP contribution in [0.4, 0.5) is 17.1 Å². The van der Waals surface area contributed by atoms with Crippen molar-refractivity contribution in [1.82, 2.24) is 0 Å². The van der Waals surface area contributed by atoms with Crippen LogP contribution in [0.5, 0.6) is 5.75 Å². The van der Waals surface area contributed by atoms with Crippen molar-refractivity contribution >= 4 is 34.8 Å². The van der Waals surface area contributed by atoms with Gasteiger partial charge in [-0.2, -0.15) is 0 Å². The highest BCUT2D eigenvalue weighted by Gasteiger charge is 2.35. The summed E-state index contributed by atoms with van der Waals surface area (Å²) >= 11 is 0. The number of fused-ring (bicyclic) bond motifs is 2. The number of carbonyl (C=O) groups excluding carboxylic acids is 3. The van der Waals surface area contributed by atoms with E-state index in [2.05, 4.69) is 22.8 Å². The average Bonchev–Trinajstić information content (AvgIpc) is 3.33. The van der Waals surface area contributed by atoms with E-state index >= 15 is 0 Å². The predicted octanol–water partition coefficient (Wildman–Crippen LogP) is 2.50. The van der Waals surface area contributed by atoms with Gasteiger partial charge in [0.2, 0.25) is 11.8 Å². The summed E-state index contributed by atoms with van der Waals surface area (Å²) < 4.78 is 5.33. The molecule has 5 rings (SSSR count). The third kappa shape index (κ3) is 3.33. The molecule has 1 fully saturated rings. The molecule has 0 saturated carbocycles. The Morgan fingerprint density at radius 1 is 1.10 bits per heavy atom. The molecular formula is C22H21N3O4. The molecule has 2 aliphatic heterocycles. The number of amides is 3. The predicted molar refractivity (Wildman–Crippen MR) is 108 cm³/mol. The fourth-order valence-electron chi connectivity index (χ4n) is 4.26. The van der Waals surface area contributed by atoms with Crippen molar-refractivity contribution in [2.75, 3.05) is 28.7 Å². The van der Waals surface area contributed by atoms with Gasteiger partial charge in [-0.15, -0.1) is 0 Å². The first kappa shape index (κ1) is 17.7. The first-order chi connectivity index (χ1) is 14.1. The van der Waals surface area contributed by atoms with Gasteiger partial charge in [-0.25, -0.2) is 0 Å². The van der Waals surface area contributed by atoms with Crippen LogP contribution in [0, 0.1) is 5.92 Å². The maximum absolute atomic E-state index is 12.7. The van der Waals surface area contributed by atoms with E-state index in [-0.39, 0.29) is 30.7 Å². The Kier molecular flexibility index (Phi) is 4.23. The van der Waals surface area contributed by atoms with E-state index in [1.807, 2.05) is 6.07 Å². The number of hydrogen-bond donors (Lipinski definition) is 2. The Morgan fingerprint density at radius 3 is 2.86 bits per heavy atom. The molecule has 2 N–H and O–H groups in total. The molecule has 7 heteroatoms. The second kappa shape index (κ2) is 6.92. The Hall–Kier alpha value is -3.35. The normalized spacial score (nSPS) is 20.0. The highest BCUT2D eigenvalue weighted by Crippen LogP contribution is 2.33. The first-order valence-corrected chi connectivity index (χ1v) is 9.86. The molecule has 1 atom stereocenters. The van der Waals surface area contributed by atoms with E-state index in [4.69, 9.17) is 4.74 Å². The van der Waals surface area contributed by atoms with Crippen LogP contribution >= 0.6 is 0 Å². The number of carbonyl (C=O) groups is 3. The summed E-state index contributed by atoms with van der Waals surface area (Å²) in [6, 6.07) is 11.3. The quantitative estimate of drug-likeness (QED) is 0.842. The van der Waals surface area contributed by atoms with Gasteiger partial charge < -0.3 is 20.3 Å². The van der Waals surface area contributed by atoms with E-state index in [0.717, 1.165) is 24.9 Å². The summed E-state index contributed by atoms with van der Waals surface area (Å²) in [5.41, 5.74) is 4.63. The van der Waals surface area contributed by atoms with Gasteiger partial charge in [0.1, 0.15) is 5.75 Å². The molecule has 0 radical (unpaired) electrons. The van der Waals surface area contributed by atoms with Crippen LogP contribution in [0.25, 0.3) is 0 Å². The first-order valence-electron chi connectivity index (χ1n) is 9.86. The number of anilines is 3. The minimum atomic E-state index is -0.419. The summed E-state index contributed by atoms with van der Waals surface area (Å²) in [6.45, 7) is 0.357. The number of ether oxygens (including phenoxy) is 1. The van der Waals surface area contributed by atoms with Gasteiger partial charge in [-0.05, 0) is 60.7 Å². The molecular weight excluding hydrogens is 370 g/mol. The van der Waals surface area contributed by atoms with Crippen LogP contribution in [0.2, 0.25) is 0 Å². The molecule has 0 spiro atoms. The molecule has 3 aliphatic rings. The second-order valence-corrected chi connectivity index (χ2v) is 7.75. The highest BCUT2D eigenvalue weighted by atomic mass is 16.5. The topological polar surface area (TPSA) is 87.7 Å². The summed E-state index contributed by atoms with van der Waals surface area (Å²) in [7, 11) is 0. The number of nitrogens with one attached hydrogen (secondary N) is 2. The Labute approximate surface area is 168 Å². The van der Waals surface area contributed by atoms with Crippen molar-refractivity contribution in [2.45, 2.75) is 25.7 Å². The lowest BCUT2D eigenvalue weighted by Crippen LogP contribution is -2.28. The number of nitrogens with zero attached hydrogens (tertiary/aromatic N) is 1. The van der Waals surface area contributed by atoms with Gasteiger partial charge in [-0.3, -0.25) is 14.4 Å². The van der Waals surface area contributed by atoms with Crippen LogP contribution in [0.3, 0.4) is 0 Å². The Bertz CT molecular complexity index is 1030. The second-order valence-electron chi connectivity index (χ2n) is 7.75. The summed E-state index contributed by atoms with van der Waals surface area (Å²) in [6.07, 6.45) is 3.49. The van der Waals surface area contributed by atoms with Crippen molar-refractivity contribution in [1.29, 1.82) is 0 Å². The number of benzene rings is 2. The molecule has 1 aliphatic carbocycles. The van der Waals surface area contributed by atoms with E-state index in [1.165, 1.54) is 11.1 Å². The smallest absolute Gasteiger partial charge is 0.262 e. The van der Waals surface area contributed by atoms with Crippen LogP contribution in [0.1, 0.15) is 24.0 Å². The van der Waals surface area contributed by atoms with Crippen molar-refractivity contribution in [3.63, 3.8) is 0 Å². The molecule has 2 heterocycles. The third-order valence-corrected chi connectivity index (χ3v) is 5.77. The van der Waals surface area contributed by atoms with Crippen LogP contribution in [0.15, 0.2) is 36.4 Å². The number of aryl methyl sites for hydroxylation is 2. The maximum atomic E-state index is 12.7. The minimum Gasteiger partial charge on any atom is -0.482 e. The van der Waals surface area contributed by atoms with Gasteiger partial charge >= 0.3 is 0 Å². The lowest BCUT2D eigenvalue weighted by Gasteiger charge is -2.19. The molecule has 7 nitrogen and oxygen atoms in total. The molecule has 0 unspecified atom stereocenters. The molecule has 0 aromatic heterocycles. The lowest BCUT2D eigenvalue weighted by molar-refractivity contribution is -0.122. The molecule has 0 bridgehead atoms. The molecule has 3 amide bonds. The van der Waals surface area contributed by atoms with Crippen molar-refractivity contribution in [3.8, 4) is 5.75 Å². The SMILES string of the molecule is O=C1COc2ccc(NC(=O)[C@H]3CC(=O)N(c4ccc5c(c4)CCC5)C3)cc2N1. The number of rotatable bonds is 3. The maximum Gasteiger partial charge on any atom is 0.262 e. The summed E-state index contributed by atoms with van der Waals surface area (Å²) in [4.78, 5) is 38.5. The van der Waals surface area contributed by atoms with E-state index in [9.17, 15) is 14.4 Å². The zero-order valence-electron chi connectivity index (χ0n) is 15.9. The van der Waals surface area contributed by atoms with E-state index in [1.54, 1.807) is 23.1 Å². The largest absolute Gasteiger partial charge is 0.482 e. The summed E-state index contributed by atoms with van der Waals surface area (Å²) in [5.74, 6) is -0.314. The monoisotopic (exact) mass is 391 g/mol. The van der Waals surface area contributed by atoms with Crippen LogP contribution in [-0.4, -0.2) is 30.9 Å². The third-order valence-electron chi connectivity index (χ3n) is 5.77. The van der Waals surface area contributed by atoms with Gasteiger partial charge in [0.05, 0.1) is 11.6 Å². The molecule has 2 aromatic rings. The molecule has 148 valence electrons. The molecule has 2 aromatic carbocycles. The lowest BCUT2D eigenvalue weighted by atomic mass is 10.1. The van der Waals surface area contributed by atoms with Crippen LogP contribution in [-0.2, 0) is 27.2 Å². The van der Waals surface area contributed by atoms with Crippen molar-refractivity contribution < 1.29 is 19.1 Å². The fraction of sp³-hybridized carbons (Fsp3) is 0.318. The van der Waals surface area contributed by atoms with E-state index < -0.39 is 5.92 Å². The van der Waals surface area contributed by atoms with Gasteiger partial charge in [-0.1, -0.05) is 6.07 Å².